The van der Waals surface area contributed by atoms with Crippen LogP contribution in [0, 0.1) is 0 Å². The van der Waals surface area contributed by atoms with Gasteiger partial charge < -0.3 is 15.4 Å². The van der Waals surface area contributed by atoms with Gasteiger partial charge in [-0.1, -0.05) is 18.6 Å². The van der Waals surface area contributed by atoms with E-state index in [-0.39, 0.29) is 11.1 Å². The first-order chi connectivity index (χ1) is 16.3. The number of ether oxygens (including phenoxy) is 1. The van der Waals surface area contributed by atoms with Crippen LogP contribution < -0.4 is 15.4 Å². The van der Waals surface area contributed by atoms with Crippen LogP contribution in [-0.2, 0) is 11.6 Å². The molecule has 0 aliphatic heterocycles. The Balaban J connectivity index is 1.58. The summed E-state index contributed by atoms with van der Waals surface area (Å²) in [6.45, 7) is 0.926. The van der Waals surface area contributed by atoms with Gasteiger partial charge in [0.2, 0.25) is 0 Å². The van der Waals surface area contributed by atoms with Gasteiger partial charge in [0.25, 0.3) is 5.91 Å². The third kappa shape index (κ3) is 4.79. The molecule has 2 aromatic carbocycles. The van der Waals surface area contributed by atoms with Gasteiger partial charge in [-0.25, -0.2) is 4.68 Å². The van der Waals surface area contributed by atoms with Crippen LogP contribution in [0.1, 0.15) is 47.4 Å². The average molecular weight is 473 g/mol. The largest absolute Gasteiger partial charge is 0.497 e. The van der Waals surface area contributed by atoms with E-state index in [2.05, 4.69) is 15.7 Å². The van der Waals surface area contributed by atoms with Crippen LogP contribution in [0.5, 0.6) is 5.75 Å². The molecule has 1 aliphatic carbocycles. The molecule has 0 bridgehead atoms. The molecule has 1 fully saturated rings. The monoisotopic (exact) mass is 472 g/mol. The Morgan fingerprint density at radius 2 is 1.79 bits per heavy atom. The maximum atomic E-state index is 13.4. The number of benzene rings is 2. The van der Waals surface area contributed by atoms with E-state index in [9.17, 15) is 18.0 Å². The van der Waals surface area contributed by atoms with Crippen molar-refractivity contribution in [1.29, 1.82) is 0 Å². The van der Waals surface area contributed by atoms with Gasteiger partial charge in [0.05, 0.1) is 12.8 Å². The highest BCUT2D eigenvalue weighted by atomic mass is 19.4. The van der Waals surface area contributed by atoms with Gasteiger partial charge in [-0.05, 0) is 80.2 Å². The number of nitrogens with one attached hydrogen (secondary N) is 2. The van der Waals surface area contributed by atoms with E-state index >= 15 is 0 Å². The van der Waals surface area contributed by atoms with E-state index in [0.29, 0.717) is 17.1 Å². The molecule has 3 aromatic rings. The first-order valence-corrected chi connectivity index (χ1v) is 11.1. The van der Waals surface area contributed by atoms with Crippen molar-refractivity contribution >= 4 is 11.6 Å². The number of methoxy groups -OCH3 is 1. The molecular weight excluding hydrogens is 445 g/mol. The van der Waals surface area contributed by atoms with E-state index < -0.39 is 17.8 Å². The highest BCUT2D eigenvalue weighted by molar-refractivity contribution is 6.03. The SMILES string of the molecule is CNCCC1(c2ccc(NC(=O)c3cc(C(F)(F)F)nn3-c3ccc(OC)cc3)cc2)CCC1. The van der Waals surface area contributed by atoms with Crippen LogP contribution in [-0.4, -0.2) is 36.4 Å². The first-order valence-electron chi connectivity index (χ1n) is 11.1. The standard InChI is InChI=1S/C25H27F3N4O2/c1-29-15-14-24(12-3-13-24)17-4-6-18(7-5-17)30-23(33)21-16-22(25(26,27)28)31-32(21)19-8-10-20(34-2)11-9-19/h4-11,16,29H,3,12-15H2,1-2H3,(H,30,33). The Bertz CT molecular complexity index is 1130. The van der Waals surface area contributed by atoms with Gasteiger partial charge in [0, 0.05) is 11.8 Å². The lowest BCUT2D eigenvalue weighted by Gasteiger charge is -2.43. The predicted molar refractivity (Wildman–Crippen MR) is 124 cm³/mol. The minimum Gasteiger partial charge on any atom is -0.497 e. The van der Waals surface area contributed by atoms with Gasteiger partial charge >= 0.3 is 6.18 Å². The summed E-state index contributed by atoms with van der Waals surface area (Å²) in [6.07, 6.45) is -0.197. The van der Waals surface area contributed by atoms with Gasteiger partial charge in [-0.15, -0.1) is 0 Å². The molecule has 1 aromatic heterocycles. The molecule has 0 atom stereocenters. The van der Waals surface area contributed by atoms with Crippen LogP contribution in [0.2, 0.25) is 0 Å². The molecule has 1 amide bonds. The van der Waals surface area contributed by atoms with Crippen LogP contribution >= 0.6 is 0 Å². The molecule has 6 nitrogen and oxygen atoms in total. The molecule has 0 unspecified atom stereocenters. The van der Waals surface area contributed by atoms with Crippen molar-refractivity contribution in [3.8, 4) is 11.4 Å². The molecule has 1 saturated carbocycles. The number of anilines is 1. The van der Waals surface area contributed by atoms with Gasteiger partial charge in [-0.3, -0.25) is 4.79 Å². The number of halogens is 3. The summed E-state index contributed by atoms with van der Waals surface area (Å²) in [5.41, 5.74) is 0.835. The van der Waals surface area contributed by atoms with E-state index in [1.807, 2.05) is 19.2 Å². The van der Waals surface area contributed by atoms with Crippen LogP contribution in [0.25, 0.3) is 5.69 Å². The summed E-state index contributed by atoms with van der Waals surface area (Å²) in [5, 5.41) is 9.56. The van der Waals surface area contributed by atoms with Crippen molar-refractivity contribution in [2.75, 3.05) is 26.0 Å². The third-order valence-corrected chi connectivity index (χ3v) is 6.47. The quantitative estimate of drug-likeness (QED) is 0.474. The average Bonchev–Trinajstić information content (AvgIpc) is 3.26. The lowest BCUT2D eigenvalue weighted by Crippen LogP contribution is -2.36. The number of carbonyl (C=O) groups is 1. The zero-order valence-corrected chi connectivity index (χ0v) is 19.1. The Morgan fingerprint density at radius 1 is 1.12 bits per heavy atom. The lowest BCUT2D eigenvalue weighted by atomic mass is 9.62. The number of rotatable bonds is 8. The number of hydrogen-bond acceptors (Lipinski definition) is 4. The number of hydrogen-bond donors (Lipinski definition) is 2. The highest BCUT2D eigenvalue weighted by Gasteiger charge is 2.38. The normalized spacial score (nSPS) is 15.0. The molecule has 0 spiro atoms. The molecule has 9 heteroatoms. The van der Waals surface area contributed by atoms with Crippen molar-refractivity contribution in [1.82, 2.24) is 15.1 Å². The van der Waals surface area contributed by atoms with Gasteiger partial charge in [0.15, 0.2) is 5.69 Å². The van der Waals surface area contributed by atoms with E-state index in [0.717, 1.165) is 36.6 Å². The fraction of sp³-hybridized carbons (Fsp3) is 0.360. The topological polar surface area (TPSA) is 68.2 Å². The molecule has 1 aliphatic rings. The van der Waals surface area contributed by atoms with Crippen molar-refractivity contribution in [2.45, 2.75) is 37.3 Å². The Hall–Kier alpha value is -3.33. The molecule has 4 rings (SSSR count). The summed E-state index contributed by atoms with van der Waals surface area (Å²) in [5.74, 6) is -0.142. The Morgan fingerprint density at radius 3 is 2.32 bits per heavy atom. The van der Waals surface area contributed by atoms with Gasteiger partial charge in [0.1, 0.15) is 11.4 Å². The van der Waals surface area contributed by atoms with E-state index in [4.69, 9.17) is 4.74 Å². The van der Waals surface area contributed by atoms with Crippen molar-refractivity contribution in [2.24, 2.45) is 0 Å². The summed E-state index contributed by atoms with van der Waals surface area (Å²) in [6, 6.07) is 14.6. The highest BCUT2D eigenvalue weighted by Crippen LogP contribution is 2.46. The Labute approximate surface area is 196 Å². The smallest absolute Gasteiger partial charge is 0.435 e. The number of nitrogens with zero attached hydrogens (tertiary/aromatic N) is 2. The summed E-state index contributed by atoms with van der Waals surface area (Å²) >= 11 is 0. The molecule has 0 saturated heterocycles. The summed E-state index contributed by atoms with van der Waals surface area (Å²) < 4.78 is 46.2. The molecule has 0 radical (unpaired) electrons. The predicted octanol–water partition coefficient (Wildman–Crippen LogP) is 5.18. The Kier molecular flexibility index (Phi) is 6.65. The first kappa shape index (κ1) is 23.8. The zero-order valence-electron chi connectivity index (χ0n) is 19.1. The summed E-state index contributed by atoms with van der Waals surface area (Å²) in [4.78, 5) is 13.0. The molecule has 1 heterocycles. The maximum Gasteiger partial charge on any atom is 0.435 e. The second-order valence-corrected chi connectivity index (χ2v) is 8.54. The summed E-state index contributed by atoms with van der Waals surface area (Å²) in [7, 11) is 3.42. The van der Waals surface area contributed by atoms with Crippen molar-refractivity contribution in [3.05, 3.63) is 71.5 Å². The third-order valence-electron chi connectivity index (χ3n) is 6.47. The molecule has 180 valence electrons. The minimum absolute atomic E-state index is 0.153. The van der Waals surface area contributed by atoms with Gasteiger partial charge in [-0.2, -0.15) is 18.3 Å². The molecule has 34 heavy (non-hydrogen) atoms. The number of alkyl halides is 3. The number of carbonyl (C=O) groups excluding carboxylic acids is 1. The number of aromatic nitrogens is 2. The molecular formula is C25H27F3N4O2. The van der Waals surface area contributed by atoms with Crippen LogP contribution in [0.3, 0.4) is 0 Å². The van der Waals surface area contributed by atoms with Crippen LogP contribution in [0.15, 0.2) is 54.6 Å². The van der Waals surface area contributed by atoms with Crippen molar-refractivity contribution < 1.29 is 22.7 Å². The number of amides is 1. The maximum absolute atomic E-state index is 13.4. The zero-order chi connectivity index (χ0) is 24.3. The van der Waals surface area contributed by atoms with Crippen LogP contribution in [0.4, 0.5) is 18.9 Å². The fourth-order valence-corrected chi connectivity index (χ4v) is 4.35. The van der Waals surface area contributed by atoms with Crippen molar-refractivity contribution in [3.63, 3.8) is 0 Å². The second-order valence-electron chi connectivity index (χ2n) is 8.54. The van der Waals surface area contributed by atoms with E-state index in [1.165, 1.54) is 19.1 Å². The fourth-order valence-electron chi connectivity index (χ4n) is 4.35. The van der Waals surface area contributed by atoms with E-state index in [1.54, 1.807) is 36.4 Å². The second kappa shape index (κ2) is 9.50. The minimum atomic E-state index is -4.68. The lowest BCUT2D eigenvalue weighted by molar-refractivity contribution is -0.141. The molecule has 2 N–H and O–H groups in total.